The lowest BCUT2D eigenvalue weighted by molar-refractivity contribution is 0.0948. The normalized spacial score (nSPS) is 14.9. The van der Waals surface area contributed by atoms with E-state index in [0.717, 1.165) is 36.5 Å². The zero-order valence-corrected chi connectivity index (χ0v) is 16.8. The largest absolute Gasteiger partial charge is 0.351 e. The maximum Gasteiger partial charge on any atom is 0.251 e. The van der Waals surface area contributed by atoms with Crippen LogP contribution in [-0.4, -0.2) is 42.0 Å². The Bertz CT molecular complexity index is 853. The molecule has 1 aliphatic heterocycles. The molecule has 0 bridgehead atoms. The number of nitrogens with zero attached hydrogens (tertiary/aromatic N) is 3. The van der Waals surface area contributed by atoms with Gasteiger partial charge in [-0.05, 0) is 63.5 Å². The van der Waals surface area contributed by atoms with Crippen LogP contribution in [0.15, 0.2) is 30.3 Å². The van der Waals surface area contributed by atoms with Crippen molar-refractivity contribution in [2.75, 3.05) is 26.2 Å². The molecule has 2 aromatic rings. The first-order chi connectivity index (χ1) is 13.6. The van der Waals surface area contributed by atoms with Gasteiger partial charge in [0.1, 0.15) is 6.07 Å². The van der Waals surface area contributed by atoms with Gasteiger partial charge >= 0.3 is 0 Å². The first kappa shape index (κ1) is 20.0. The van der Waals surface area contributed by atoms with Crippen molar-refractivity contribution in [2.45, 2.75) is 39.5 Å². The standard InChI is InChI=1S/C23H28N4O/c1-17-14-22(26-18(2)21(17)16-24)19-8-7-9-20(15-19)23(28)25-10-13-27-11-5-3-4-6-12-27/h7-9,14-15H,3-6,10-13H2,1-2H3,(H,25,28). The van der Waals surface area contributed by atoms with Gasteiger partial charge in [-0.15, -0.1) is 0 Å². The van der Waals surface area contributed by atoms with E-state index < -0.39 is 0 Å². The second-order valence-electron chi connectivity index (χ2n) is 7.49. The highest BCUT2D eigenvalue weighted by Gasteiger charge is 2.12. The number of aromatic nitrogens is 1. The topological polar surface area (TPSA) is 69.0 Å². The molecule has 2 heterocycles. The van der Waals surface area contributed by atoms with Crippen LogP contribution in [0.2, 0.25) is 0 Å². The number of hydrogen-bond acceptors (Lipinski definition) is 4. The van der Waals surface area contributed by atoms with Gasteiger partial charge in [0, 0.05) is 24.2 Å². The van der Waals surface area contributed by atoms with Gasteiger partial charge in [0.25, 0.3) is 5.91 Å². The predicted octanol–water partition coefficient (Wildman–Crippen LogP) is 3.84. The van der Waals surface area contributed by atoms with E-state index in [9.17, 15) is 10.1 Å². The van der Waals surface area contributed by atoms with Crippen molar-refractivity contribution in [3.8, 4) is 17.3 Å². The third-order valence-corrected chi connectivity index (χ3v) is 5.34. The van der Waals surface area contributed by atoms with Crippen LogP contribution in [0.25, 0.3) is 11.3 Å². The number of amides is 1. The maximum atomic E-state index is 12.6. The van der Waals surface area contributed by atoms with E-state index >= 15 is 0 Å². The quantitative estimate of drug-likeness (QED) is 0.861. The molecule has 1 aromatic carbocycles. The van der Waals surface area contributed by atoms with E-state index in [1.54, 1.807) is 0 Å². The number of likely N-dealkylation sites (tertiary alicyclic amines) is 1. The summed E-state index contributed by atoms with van der Waals surface area (Å²) < 4.78 is 0. The van der Waals surface area contributed by atoms with E-state index in [-0.39, 0.29) is 5.91 Å². The van der Waals surface area contributed by atoms with Crippen molar-refractivity contribution in [2.24, 2.45) is 0 Å². The molecule has 1 aliphatic rings. The van der Waals surface area contributed by atoms with Crippen molar-refractivity contribution in [1.82, 2.24) is 15.2 Å². The highest BCUT2D eigenvalue weighted by Crippen LogP contribution is 2.22. The molecular weight excluding hydrogens is 348 g/mol. The monoisotopic (exact) mass is 376 g/mol. The molecule has 0 spiro atoms. The fourth-order valence-corrected chi connectivity index (χ4v) is 3.76. The fourth-order valence-electron chi connectivity index (χ4n) is 3.76. The minimum Gasteiger partial charge on any atom is -0.351 e. The Morgan fingerprint density at radius 1 is 1.18 bits per heavy atom. The predicted molar refractivity (Wildman–Crippen MR) is 111 cm³/mol. The molecule has 0 saturated carbocycles. The molecule has 146 valence electrons. The van der Waals surface area contributed by atoms with Crippen molar-refractivity contribution >= 4 is 5.91 Å². The smallest absolute Gasteiger partial charge is 0.251 e. The molecule has 1 saturated heterocycles. The Morgan fingerprint density at radius 2 is 1.93 bits per heavy atom. The first-order valence-electron chi connectivity index (χ1n) is 10.1. The highest BCUT2D eigenvalue weighted by atomic mass is 16.1. The fraction of sp³-hybridized carbons (Fsp3) is 0.435. The molecule has 1 amide bonds. The number of nitriles is 1. The Balaban J connectivity index is 1.66. The van der Waals surface area contributed by atoms with Gasteiger partial charge < -0.3 is 10.2 Å². The van der Waals surface area contributed by atoms with E-state index in [0.29, 0.717) is 23.4 Å². The van der Waals surface area contributed by atoms with E-state index in [4.69, 9.17) is 0 Å². The van der Waals surface area contributed by atoms with Crippen LogP contribution in [0.1, 0.15) is 52.9 Å². The molecule has 1 aromatic heterocycles. The number of hydrogen-bond donors (Lipinski definition) is 1. The Kier molecular flexibility index (Phi) is 6.78. The summed E-state index contributed by atoms with van der Waals surface area (Å²) in [6.07, 6.45) is 5.15. The zero-order chi connectivity index (χ0) is 19.9. The molecule has 0 unspecified atom stereocenters. The van der Waals surface area contributed by atoms with Crippen molar-refractivity contribution < 1.29 is 4.79 Å². The lowest BCUT2D eigenvalue weighted by Gasteiger charge is -2.19. The Labute approximate surface area is 167 Å². The van der Waals surface area contributed by atoms with Crippen LogP contribution in [0.3, 0.4) is 0 Å². The summed E-state index contributed by atoms with van der Waals surface area (Å²) >= 11 is 0. The number of aryl methyl sites for hydroxylation is 2. The summed E-state index contributed by atoms with van der Waals surface area (Å²) in [5.74, 6) is -0.0567. The molecule has 0 radical (unpaired) electrons. The molecule has 0 aliphatic carbocycles. The summed E-state index contributed by atoms with van der Waals surface area (Å²) in [7, 11) is 0. The summed E-state index contributed by atoms with van der Waals surface area (Å²) in [6, 6.07) is 11.6. The third-order valence-electron chi connectivity index (χ3n) is 5.34. The minimum atomic E-state index is -0.0567. The molecular formula is C23H28N4O. The van der Waals surface area contributed by atoms with Crippen LogP contribution in [0, 0.1) is 25.2 Å². The molecule has 28 heavy (non-hydrogen) atoms. The molecule has 5 heteroatoms. The van der Waals surface area contributed by atoms with E-state index in [1.807, 2.05) is 44.2 Å². The van der Waals surface area contributed by atoms with E-state index in [2.05, 4.69) is 21.3 Å². The van der Waals surface area contributed by atoms with Crippen LogP contribution >= 0.6 is 0 Å². The van der Waals surface area contributed by atoms with Gasteiger partial charge in [0.15, 0.2) is 0 Å². The average molecular weight is 377 g/mol. The Hall–Kier alpha value is -2.71. The number of carbonyl (C=O) groups excluding carboxylic acids is 1. The highest BCUT2D eigenvalue weighted by molar-refractivity contribution is 5.95. The van der Waals surface area contributed by atoms with Gasteiger partial charge in [0.05, 0.1) is 17.0 Å². The van der Waals surface area contributed by atoms with Crippen LogP contribution in [0.4, 0.5) is 0 Å². The van der Waals surface area contributed by atoms with Gasteiger partial charge in [-0.25, -0.2) is 0 Å². The van der Waals surface area contributed by atoms with Crippen molar-refractivity contribution in [3.05, 3.63) is 52.7 Å². The summed E-state index contributed by atoms with van der Waals surface area (Å²) in [5.41, 5.74) is 4.53. The number of nitrogens with one attached hydrogen (secondary N) is 1. The number of carbonyl (C=O) groups is 1. The number of pyridine rings is 1. The van der Waals surface area contributed by atoms with Crippen LogP contribution in [0.5, 0.6) is 0 Å². The minimum absolute atomic E-state index is 0.0567. The van der Waals surface area contributed by atoms with Crippen molar-refractivity contribution in [1.29, 1.82) is 5.26 Å². The van der Waals surface area contributed by atoms with Gasteiger partial charge in [-0.2, -0.15) is 5.26 Å². The molecule has 3 rings (SSSR count). The average Bonchev–Trinajstić information content (AvgIpc) is 2.96. The van der Waals surface area contributed by atoms with Gasteiger partial charge in [-0.3, -0.25) is 9.78 Å². The molecule has 5 nitrogen and oxygen atoms in total. The number of benzene rings is 1. The first-order valence-corrected chi connectivity index (χ1v) is 10.1. The second-order valence-corrected chi connectivity index (χ2v) is 7.49. The van der Waals surface area contributed by atoms with Gasteiger partial charge in [-0.1, -0.05) is 25.0 Å². The summed E-state index contributed by atoms with van der Waals surface area (Å²) in [5, 5.41) is 12.3. The summed E-state index contributed by atoms with van der Waals surface area (Å²) in [4.78, 5) is 19.6. The SMILES string of the molecule is Cc1cc(-c2cccc(C(=O)NCCN3CCCCCC3)c2)nc(C)c1C#N. The lowest BCUT2D eigenvalue weighted by atomic mass is 10.0. The zero-order valence-electron chi connectivity index (χ0n) is 16.8. The molecule has 1 fully saturated rings. The number of rotatable bonds is 5. The lowest BCUT2D eigenvalue weighted by Crippen LogP contribution is -2.35. The van der Waals surface area contributed by atoms with Crippen molar-refractivity contribution in [3.63, 3.8) is 0 Å². The molecule has 0 atom stereocenters. The van der Waals surface area contributed by atoms with Crippen LogP contribution < -0.4 is 5.32 Å². The van der Waals surface area contributed by atoms with Gasteiger partial charge in [0.2, 0.25) is 0 Å². The summed E-state index contributed by atoms with van der Waals surface area (Å²) in [6.45, 7) is 7.59. The van der Waals surface area contributed by atoms with E-state index in [1.165, 1.54) is 25.7 Å². The third kappa shape index (κ3) is 4.96. The second kappa shape index (κ2) is 9.48. The van der Waals surface area contributed by atoms with Crippen LogP contribution in [-0.2, 0) is 0 Å². The Morgan fingerprint density at radius 3 is 2.61 bits per heavy atom. The maximum absolute atomic E-state index is 12.6. The molecule has 1 N–H and O–H groups in total.